The van der Waals surface area contributed by atoms with Crippen LogP contribution in [-0.4, -0.2) is 11.3 Å². The SMILES string of the molecule is O=Cc1cccnc1Sc1ccccc1F. The molecular formula is C12H8FNOS. The Hall–Kier alpha value is -1.68. The van der Waals surface area contributed by atoms with Crippen molar-refractivity contribution in [2.75, 3.05) is 0 Å². The smallest absolute Gasteiger partial charge is 0.152 e. The fraction of sp³-hybridized carbons (Fsp3) is 0. The predicted octanol–water partition coefficient (Wildman–Crippen LogP) is 3.18. The molecule has 80 valence electrons. The van der Waals surface area contributed by atoms with Gasteiger partial charge in [0.1, 0.15) is 10.8 Å². The fourth-order valence-corrected chi connectivity index (χ4v) is 2.08. The number of carbonyl (C=O) groups excluding carboxylic acids is 1. The molecule has 0 fully saturated rings. The summed E-state index contributed by atoms with van der Waals surface area (Å²) < 4.78 is 13.4. The van der Waals surface area contributed by atoms with E-state index < -0.39 is 0 Å². The summed E-state index contributed by atoms with van der Waals surface area (Å²) in [6.45, 7) is 0. The summed E-state index contributed by atoms with van der Waals surface area (Å²) in [5.74, 6) is -0.310. The molecule has 0 radical (unpaired) electrons. The van der Waals surface area contributed by atoms with E-state index in [1.54, 1.807) is 36.5 Å². The molecule has 16 heavy (non-hydrogen) atoms. The van der Waals surface area contributed by atoms with E-state index in [-0.39, 0.29) is 5.82 Å². The van der Waals surface area contributed by atoms with Crippen molar-refractivity contribution in [3.8, 4) is 0 Å². The van der Waals surface area contributed by atoms with Gasteiger partial charge >= 0.3 is 0 Å². The molecule has 0 aliphatic heterocycles. The summed E-state index contributed by atoms with van der Waals surface area (Å²) >= 11 is 1.15. The number of aromatic nitrogens is 1. The maximum atomic E-state index is 13.4. The van der Waals surface area contributed by atoms with Crippen LogP contribution in [0, 0.1) is 5.82 Å². The van der Waals surface area contributed by atoms with Gasteiger partial charge in [-0.3, -0.25) is 4.79 Å². The maximum Gasteiger partial charge on any atom is 0.152 e. The Morgan fingerprint density at radius 1 is 1.19 bits per heavy atom. The van der Waals surface area contributed by atoms with Crippen LogP contribution in [0.25, 0.3) is 0 Å². The predicted molar refractivity (Wildman–Crippen MR) is 60.1 cm³/mol. The number of carbonyl (C=O) groups is 1. The Labute approximate surface area is 96.5 Å². The lowest BCUT2D eigenvalue weighted by Crippen LogP contribution is -1.89. The summed E-state index contributed by atoms with van der Waals surface area (Å²) in [7, 11) is 0. The normalized spacial score (nSPS) is 10.1. The van der Waals surface area contributed by atoms with Gasteiger partial charge in [0.2, 0.25) is 0 Å². The first-order valence-corrected chi connectivity index (χ1v) is 5.45. The zero-order valence-corrected chi connectivity index (χ0v) is 9.08. The van der Waals surface area contributed by atoms with Crippen LogP contribution in [0.15, 0.2) is 52.5 Å². The quantitative estimate of drug-likeness (QED) is 0.763. The van der Waals surface area contributed by atoms with E-state index in [9.17, 15) is 9.18 Å². The van der Waals surface area contributed by atoms with Crippen LogP contribution in [0.3, 0.4) is 0 Å². The number of benzene rings is 1. The molecule has 4 heteroatoms. The van der Waals surface area contributed by atoms with Crippen molar-refractivity contribution in [3.05, 3.63) is 54.0 Å². The van der Waals surface area contributed by atoms with Crippen molar-refractivity contribution < 1.29 is 9.18 Å². The third kappa shape index (κ3) is 2.28. The van der Waals surface area contributed by atoms with Crippen molar-refractivity contribution in [2.24, 2.45) is 0 Å². The van der Waals surface area contributed by atoms with Gasteiger partial charge in [-0.1, -0.05) is 23.9 Å². The summed E-state index contributed by atoms with van der Waals surface area (Å²) in [5.41, 5.74) is 0.468. The Morgan fingerprint density at radius 2 is 2.00 bits per heavy atom. The molecule has 0 aliphatic carbocycles. The average molecular weight is 233 g/mol. The Balaban J connectivity index is 2.34. The van der Waals surface area contributed by atoms with Crippen molar-refractivity contribution in [1.82, 2.24) is 4.98 Å². The van der Waals surface area contributed by atoms with E-state index in [4.69, 9.17) is 0 Å². The van der Waals surface area contributed by atoms with Crippen LogP contribution in [0.1, 0.15) is 10.4 Å². The molecule has 0 N–H and O–H groups in total. The lowest BCUT2D eigenvalue weighted by atomic mass is 10.3. The fourth-order valence-electron chi connectivity index (χ4n) is 1.21. The minimum atomic E-state index is -0.310. The number of rotatable bonds is 3. The summed E-state index contributed by atoms with van der Waals surface area (Å²) in [4.78, 5) is 15.3. The van der Waals surface area contributed by atoms with Crippen LogP contribution < -0.4 is 0 Å². The first kappa shape index (κ1) is 10.8. The van der Waals surface area contributed by atoms with Gasteiger partial charge < -0.3 is 0 Å². The van der Waals surface area contributed by atoms with E-state index in [0.717, 1.165) is 18.0 Å². The Kier molecular flexibility index (Phi) is 3.31. The second-order valence-corrected chi connectivity index (χ2v) is 4.08. The van der Waals surface area contributed by atoms with Crippen LogP contribution in [0.5, 0.6) is 0 Å². The Morgan fingerprint density at radius 3 is 2.75 bits per heavy atom. The van der Waals surface area contributed by atoms with Gasteiger partial charge in [-0.2, -0.15) is 0 Å². The van der Waals surface area contributed by atoms with E-state index in [0.29, 0.717) is 15.5 Å². The van der Waals surface area contributed by atoms with Crippen LogP contribution >= 0.6 is 11.8 Å². The number of aldehydes is 1. The van der Waals surface area contributed by atoms with Gasteiger partial charge in [-0.25, -0.2) is 9.37 Å². The molecule has 0 saturated heterocycles. The van der Waals surface area contributed by atoms with Crippen molar-refractivity contribution in [1.29, 1.82) is 0 Å². The Bertz CT molecular complexity index is 516. The van der Waals surface area contributed by atoms with E-state index in [1.165, 1.54) is 6.07 Å². The largest absolute Gasteiger partial charge is 0.298 e. The topological polar surface area (TPSA) is 30.0 Å². The van der Waals surface area contributed by atoms with Gasteiger partial charge in [0.05, 0.1) is 0 Å². The lowest BCUT2D eigenvalue weighted by Gasteiger charge is -2.03. The molecule has 1 aromatic heterocycles. The summed E-state index contributed by atoms with van der Waals surface area (Å²) in [6.07, 6.45) is 2.30. The third-order valence-electron chi connectivity index (χ3n) is 1.97. The van der Waals surface area contributed by atoms with Gasteiger partial charge in [-0.05, 0) is 24.3 Å². The lowest BCUT2D eigenvalue weighted by molar-refractivity contribution is 0.112. The van der Waals surface area contributed by atoms with Gasteiger partial charge in [-0.15, -0.1) is 0 Å². The number of hydrogen-bond acceptors (Lipinski definition) is 3. The molecule has 2 rings (SSSR count). The zero-order valence-electron chi connectivity index (χ0n) is 8.26. The highest BCUT2D eigenvalue weighted by atomic mass is 32.2. The number of halogens is 1. The van der Waals surface area contributed by atoms with Crippen LogP contribution in [-0.2, 0) is 0 Å². The molecule has 0 atom stereocenters. The molecule has 2 nitrogen and oxygen atoms in total. The van der Waals surface area contributed by atoms with Crippen molar-refractivity contribution >= 4 is 18.0 Å². The van der Waals surface area contributed by atoms with Crippen molar-refractivity contribution in [3.63, 3.8) is 0 Å². The van der Waals surface area contributed by atoms with E-state index in [2.05, 4.69) is 4.98 Å². The van der Waals surface area contributed by atoms with Crippen LogP contribution in [0.4, 0.5) is 4.39 Å². The van der Waals surface area contributed by atoms with Crippen molar-refractivity contribution in [2.45, 2.75) is 9.92 Å². The molecule has 0 spiro atoms. The first-order chi connectivity index (χ1) is 7.81. The molecular weight excluding hydrogens is 225 g/mol. The second kappa shape index (κ2) is 4.90. The molecule has 0 aliphatic rings. The molecule has 0 saturated carbocycles. The molecule has 0 amide bonds. The highest BCUT2D eigenvalue weighted by molar-refractivity contribution is 7.99. The minimum Gasteiger partial charge on any atom is -0.298 e. The zero-order chi connectivity index (χ0) is 11.4. The number of pyridine rings is 1. The highest BCUT2D eigenvalue weighted by Gasteiger charge is 2.07. The third-order valence-corrected chi connectivity index (χ3v) is 3.06. The number of nitrogens with zero attached hydrogens (tertiary/aromatic N) is 1. The average Bonchev–Trinajstić information content (AvgIpc) is 2.33. The van der Waals surface area contributed by atoms with Gasteiger partial charge in [0, 0.05) is 16.7 Å². The minimum absolute atomic E-state index is 0.310. The van der Waals surface area contributed by atoms with Gasteiger partial charge in [0.15, 0.2) is 6.29 Å². The van der Waals surface area contributed by atoms with E-state index >= 15 is 0 Å². The molecule has 2 aromatic rings. The van der Waals surface area contributed by atoms with E-state index in [1.807, 2.05) is 0 Å². The number of hydrogen-bond donors (Lipinski definition) is 0. The second-order valence-electron chi connectivity index (χ2n) is 3.05. The molecule has 1 heterocycles. The maximum absolute atomic E-state index is 13.4. The molecule has 1 aromatic carbocycles. The molecule has 0 bridgehead atoms. The van der Waals surface area contributed by atoms with Gasteiger partial charge in [0.25, 0.3) is 0 Å². The highest BCUT2D eigenvalue weighted by Crippen LogP contribution is 2.29. The first-order valence-electron chi connectivity index (χ1n) is 4.64. The standard InChI is InChI=1S/C12H8FNOS/c13-10-5-1-2-6-11(10)16-12-9(8-15)4-3-7-14-12/h1-8H. The van der Waals surface area contributed by atoms with Crippen LogP contribution in [0.2, 0.25) is 0 Å². The summed E-state index contributed by atoms with van der Waals surface area (Å²) in [6, 6.07) is 9.74. The molecule has 0 unspecified atom stereocenters. The monoisotopic (exact) mass is 233 g/mol. The summed E-state index contributed by atoms with van der Waals surface area (Å²) in [5, 5.41) is 0.516.